The fourth-order valence-corrected chi connectivity index (χ4v) is 3.27. The number of fused-ring (bicyclic) bond motifs is 1. The van der Waals surface area contributed by atoms with E-state index in [1.165, 1.54) is 24.5 Å². The van der Waals surface area contributed by atoms with E-state index in [-0.39, 0.29) is 37.2 Å². The number of carbonyl (C=O) groups excluding carboxylic acids is 1. The monoisotopic (exact) mass is 415 g/mol. The average molecular weight is 415 g/mol. The van der Waals surface area contributed by atoms with Crippen LogP contribution >= 0.6 is 0 Å². The highest BCUT2D eigenvalue weighted by Gasteiger charge is 2.35. The standard InChI is InChI=1S/C19H16F3N7O/c20-12-6-14-15(10-25-16(14)24-8-12)28-18(30)27-13-5-11(7-23)17(26-9-13)29-3-1-19(21,22)2-4-29/h5-6,8-10H,1-4H2,(H,24,25)(H2,27,28,30). The van der Waals surface area contributed by atoms with Crippen molar-refractivity contribution in [2.24, 2.45) is 0 Å². The Morgan fingerprint density at radius 3 is 2.70 bits per heavy atom. The lowest BCUT2D eigenvalue weighted by Crippen LogP contribution is -2.40. The fraction of sp³-hybridized carbons (Fsp3) is 0.263. The minimum atomic E-state index is -2.70. The van der Waals surface area contributed by atoms with Crippen LogP contribution in [0.15, 0.2) is 30.7 Å². The van der Waals surface area contributed by atoms with E-state index in [0.717, 1.165) is 6.20 Å². The molecule has 3 aromatic heterocycles. The van der Waals surface area contributed by atoms with Crippen molar-refractivity contribution >= 4 is 34.3 Å². The van der Waals surface area contributed by atoms with Crippen LogP contribution in [0.2, 0.25) is 0 Å². The van der Waals surface area contributed by atoms with Crippen molar-refractivity contribution in [3.8, 4) is 6.07 Å². The first kappa shape index (κ1) is 19.5. The zero-order valence-electron chi connectivity index (χ0n) is 15.5. The smallest absolute Gasteiger partial charge is 0.323 e. The van der Waals surface area contributed by atoms with Crippen LogP contribution in [0.3, 0.4) is 0 Å². The van der Waals surface area contributed by atoms with E-state index in [1.807, 2.05) is 6.07 Å². The number of piperidine rings is 1. The molecule has 11 heteroatoms. The minimum absolute atomic E-state index is 0.0904. The van der Waals surface area contributed by atoms with Gasteiger partial charge in [0.15, 0.2) is 0 Å². The minimum Gasteiger partial charge on any atom is -0.355 e. The Bertz CT molecular complexity index is 1140. The highest BCUT2D eigenvalue weighted by molar-refractivity contribution is 6.05. The van der Waals surface area contributed by atoms with Crippen LogP contribution in [-0.2, 0) is 0 Å². The summed E-state index contributed by atoms with van der Waals surface area (Å²) in [5.41, 5.74) is 1.15. The summed E-state index contributed by atoms with van der Waals surface area (Å²) in [7, 11) is 0. The first-order valence-corrected chi connectivity index (χ1v) is 9.08. The molecule has 1 aliphatic heterocycles. The highest BCUT2D eigenvalue weighted by atomic mass is 19.3. The van der Waals surface area contributed by atoms with E-state index in [9.17, 15) is 23.2 Å². The van der Waals surface area contributed by atoms with Crippen molar-refractivity contribution in [2.75, 3.05) is 28.6 Å². The maximum absolute atomic E-state index is 13.4. The zero-order chi connectivity index (χ0) is 21.3. The summed E-state index contributed by atoms with van der Waals surface area (Å²) in [6, 6.07) is 4.01. The lowest BCUT2D eigenvalue weighted by Gasteiger charge is -2.33. The van der Waals surface area contributed by atoms with Gasteiger partial charge in [0.05, 0.1) is 29.3 Å². The summed E-state index contributed by atoms with van der Waals surface area (Å²) in [5.74, 6) is -2.94. The lowest BCUT2D eigenvalue weighted by molar-refractivity contribution is -0.0221. The second-order valence-electron chi connectivity index (χ2n) is 6.88. The number of pyridine rings is 2. The number of aromatic nitrogens is 3. The number of urea groups is 1. The summed E-state index contributed by atoms with van der Waals surface area (Å²) in [6.45, 7) is 0.181. The molecule has 0 aromatic carbocycles. The average Bonchev–Trinajstić information content (AvgIpc) is 3.10. The number of halogens is 3. The van der Waals surface area contributed by atoms with Gasteiger partial charge in [-0.2, -0.15) is 5.26 Å². The van der Waals surface area contributed by atoms with E-state index in [4.69, 9.17) is 0 Å². The topological polar surface area (TPSA) is 110 Å². The van der Waals surface area contributed by atoms with Gasteiger partial charge in [0.2, 0.25) is 0 Å². The van der Waals surface area contributed by atoms with Gasteiger partial charge in [-0.3, -0.25) is 0 Å². The molecule has 0 unspecified atom stereocenters. The van der Waals surface area contributed by atoms with Crippen LogP contribution < -0.4 is 15.5 Å². The van der Waals surface area contributed by atoms with Gasteiger partial charge in [0.1, 0.15) is 23.4 Å². The molecule has 0 bridgehead atoms. The molecular weight excluding hydrogens is 399 g/mol. The van der Waals surface area contributed by atoms with Gasteiger partial charge in [-0.05, 0) is 12.1 Å². The summed E-state index contributed by atoms with van der Waals surface area (Å²) < 4.78 is 40.1. The number of H-pyrrole nitrogens is 1. The van der Waals surface area contributed by atoms with Crippen molar-refractivity contribution in [1.29, 1.82) is 5.26 Å². The third-order valence-corrected chi connectivity index (χ3v) is 4.79. The number of amides is 2. The maximum atomic E-state index is 13.4. The summed E-state index contributed by atoms with van der Waals surface area (Å²) in [5, 5.41) is 14.9. The first-order valence-electron chi connectivity index (χ1n) is 9.08. The fourth-order valence-electron chi connectivity index (χ4n) is 3.27. The molecule has 0 atom stereocenters. The van der Waals surface area contributed by atoms with Crippen LogP contribution in [0.5, 0.6) is 0 Å². The number of nitrogens with one attached hydrogen (secondary N) is 3. The van der Waals surface area contributed by atoms with Gasteiger partial charge in [-0.15, -0.1) is 0 Å². The van der Waals surface area contributed by atoms with Crippen LogP contribution in [0.25, 0.3) is 11.0 Å². The summed E-state index contributed by atoms with van der Waals surface area (Å²) >= 11 is 0. The first-order chi connectivity index (χ1) is 14.3. The van der Waals surface area contributed by atoms with Crippen molar-refractivity contribution in [3.05, 3.63) is 42.1 Å². The third kappa shape index (κ3) is 3.98. The molecular formula is C19H16F3N7O. The number of rotatable bonds is 3. The van der Waals surface area contributed by atoms with E-state index in [0.29, 0.717) is 22.5 Å². The van der Waals surface area contributed by atoms with Gasteiger partial charge in [-0.1, -0.05) is 0 Å². The number of hydrogen-bond acceptors (Lipinski definition) is 5. The molecule has 0 aliphatic carbocycles. The molecule has 1 fully saturated rings. The van der Waals surface area contributed by atoms with Gasteiger partial charge >= 0.3 is 6.03 Å². The molecule has 30 heavy (non-hydrogen) atoms. The maximum Gasteiger partial charge on any atom is 0.323 e. The third-order valence-electron chi connectivity index (χ3n) is 4.79. The molecule has 4 rings (SSSR count). The zero-order valence-corrected chi connectivity index (χ0v) is 15.5. The normalized spacial score (nSPS) is 15.6. The molecule has 0 saturated carbocycles. The van der Waals surface area contributed by atoms with Crippen LogP contribution in [0, 0.1) is 17.1 Å². The number of nitrogens with zero attached hydrogens (tertiary/aromatic N) is 4. The number of hydrogen-bond donors (Lipinski definition) is 3. The molecule has 4 heterocycles. The van der Waals surface area contributed by atoms with Gasteiger partial charge < -0.3 is 20.5 Å². The Kier molecular flexibility index (Phi) is 4.91. The van der Waals surface area contributed by atoms with Crippen LogP contribution in [0.1, 0.15) is 18.4 Å². The van der Waals surface area contributed by atoms with E-state index in [1.54, 1.807) is 4.90 Å². The Morgan fingerprint density at radius 1 is 1.20 bits per heavy atom. The Balaban J connectivity index is 1.47. The summed E-state index contributed by atoms with van der Waals surface area (Å²) in [4.78, 5) is 24.8. The van der Waals surface area contributed by atoms with Crippen LogP contribution in [0.4, 0.5) is 35.2 Å². The molecule has 1 saturated heterocycles. The van der Waals surface area contributed by atoms with Gasteiger partial charge in [0, 0.05) is 37.5 Å². The van der Waals surface area contributed by atoms with Crippen molar-refractivity contribution in [1.82, 2.24) is 15.0 Å². The SMILES string of the molecule is N#Cc1cc(NC(=O)Nc2c[nH]c3ncc(F)cc23)cnc1N1CCC(F)(F)CC1. The molecule has 3 aromatic rings. The predicted molar refractivity (Wildman–Crippen MR) is 104 cm³/mol. The number of nitriles is 1. The molecule has 0 radical (unpaired) electrons. The number of carbonyl (C=O) groups is 1. The predicted octanol–water partition coefficient (Wildman–Crippen LogP) is 3.85. The van der Waals surface area contributed by atoms with Gasteiger partial charge in [-0.25, -0.2) is 27.9 Å². The Morgan fingerprint density at radius 2 is 1.97 bits per heavy atom. The van der Waals surface area contributed by atoms with E-state index < -0.39 is 17.8 Å². The van der Waals surface area contributed by atoms with Crippen LogP contribution in [-0.4, -0.2) is 40.0 Å². The van der Waals surface area contributed by atoms with Gasteiger partial charge in [0.25, 0.3) is 5.92 Å². The summed E-state index contributed by atoms with van der Waals surface area (Å²) in [6.07, 6.45) is 3.27. The Hall–Kier alpha value is -3.81. The van der Waals surface area contributed by atoms with E-state index in [2.05, 4.69) is 25.6 Å². The molecule has 0 spiro atoms. The van der Waals surface area contributed by atoms with Crippen molar-refractivity contribution < 1.29 is 18.0 Å². The van der Waals surface area contributed by atoms with Crippen molar-refractivity contribution in [3.63, 3.8) is 0 Å². The molecule has 2 amide bonds. The molecule has 154 valence electrons. The Labute approximate surface area is 168 Å². The van der Waals surface area contributed by atoms with E-state index >= 15 is 0 Å². The largest absolute Gasteiger partial charge is 0.355 e. The number of anilines is 3. The second kappa shape index (κ2) is 7.55. The van der Waals surface area contributed by atoms with Crippen molar-refractivity contribution in [2.45, 2.75) is 18.8 Å². The molecule has 3 N–H and O–H groups in total. The highest BCUT2D eigenvalue weighted by Crippen LogP contribution is 2.31. The lowest BCUT2D eigenvalue weighted by atomic mass is 10.1. The number of alkyl halides is 2. The second-order valence-corrected chi connectivity index (χ2v) is 6.88. The molecule has 1 aliphatic rings. The molecule has 8 nitrogen and oxygen atoms in total. The number of aromatic amines is 1. The quantitative estimate of drug-likeness (QED) is 0.602.